The first-order valence-electron chi connectivity index (χ1n) is 3.89. The van der Waals surface area contributed by atoms with Crippen LogP contribution in [0.3, 0.4) is 0 Å². The van der Waals surface area contributed by atoms with Crippen LogP contribution in [0, 0.1) is 0 Å². The molecule has 1 aliphatic rings. The number of rotatable bonds is 2. The lowest BCUT2D eigenvalue weighted by molar-refractivity contribution is -0.182. The Hall–Kier alpha value is -0.650. The number of hydrogen-bond donors (Lipinski definition) is 1. The first-order valence-corrected chi connectivity index (χ1v) is 3.89. The van der Waals surface area contributed by atoms with Crippen molar-refractivity contribution in [3.8, 4) is 0 Å². The van der Waals surface area contributed by atoms with Gasteiger partial charge in [0.2, 0.25) is 0 Å². The van der Waals surface area contributed by atoms with Crippen LogP contribution < -0.4 is 5.32 Å². The maximum Gasteiger partial charge on any atom is 0.276 e. The van der Waals surface area contributed by atoms with Crippen LogP contribution in [0.4, 0.5) is 0 Å². The van der Waals surface area contributed by atoms with Crippen molar-refractivity contribution in [1.82, 2.24) is 10.4 Å². The minimum atomic E-state index is -0.399. The molecule has 0 saturated carbocycles. The Bertz CT molecular complexity index is 157. The van der Waals surface area contributed by atoms with Crippen molar-refractivity contribution >= 4 is 5.91 Å². The molecule has 5 nitrogen and oxygen atoms in total. The van der Waals surface area contributed by atoms with Gasteiger partial charge in [0.1, 0.15) is 0 Å². The molecule has 12 heavy (non-hydrogen) atoms. The lowest BCUT2D eigenvalue weighted by atomic mass is 10.3. The van der Waals surface area contributed by atoms with E-state index in [2.05, 4.69) is 5.32 Å². The van der Waals surface area contributed by atoms with Gasteiger partial charge >= 0.3 is 0 Å². The summed E-state index contributed by atoms with van der Waals surface area (Å²) in [6, 6.07) is 0. The van der Waals surface area contributed by atoms with Crippen LogP contribution in [0.2, 0.25) is 0 Å². The van der Waals surface area contributed by atoms with Gasteiger partial charge in [-0.2, -0.15) is 0 Å². The summed E-state index contributed by atoms with van der Waals surface area (Å²) >= 11 is 0. The average molecular weight is 174 g/mol. The Balaban J connectivity index is 2.39. The zero-order valence-electron chi connectivity index (χ0n) is 7.37. The molecular formula is C7H14N2O3. The number of carbonyl (C=O) groups is 1. The van der Waals surface area contributed by atoms with E-state index >= 15 is 0 Å². The summed E-state index contributed by atoms with van der Waals surface area (Å²) in [5, 5.41) is 4.24. The van der Waals surface area contributed by atoms with Gasteiger partial charge in [-0.15, -0.1) is 0 Å². The van der Waals surface area contributed by atoms with E-state index in [4.69, 9.17) is 9.57 Å². The van der Waals surface area contributed by atoms with Crippen LogP contribution >= 0.6 is 0 Å². The van der Waals surface area contributed by atoms with Gasteiger partial charge in [0.15, 0.2) is 6.10 Å². The summed E-state index contributed by atoms with van der Waals surface area (Å²) in [7, 11) is 3.02. The fourth-order valence-electron chi connectivity index (χ4n) is 1.02. The molecule has 0 aromatic heterocycles. The van der Waals surface area contributed by atoms with Crippen LogP contribution in [0.5, 0.6) is 0 Å². The third kappa shape index (κ3) is 2.17. The standard InChI is InChI=1S/C7H14N2O3/c1-9(11-2)7(10)6-5-8-3-4-12-6/h6,8H,3-5H2,1-2H3/t6-/m0/s1. The molecule has 70 valence electrons. The number of morpholine rings is 1. The number of nitrogens with zero attached hydrogens (tertiary/aromatic N) is 1. The highest BCUT2D eigenvalue weighted by atomic mass is 16.7. The first-order chi connectivity index (χ1) is 5.75. The molecule has 1 N–H and O–H groups in total. The summed E-state index contributed by atoms with van der Waals surface area (Å²) < 4.78 is 5.23. The molecule has 0 radical (unpaired) electrons. The summed E-state index contributed by atoms with van der Waals surface area (Å²) in [5.74, 6) is -0.148. The molecule has 5 heteroatoms. The van der Waals surface area contributed by atoms with E-state index in [1.54, 1.807) is 7.05 Å². The fourth-order valence-corrected chi connectivity index (χ4v) is 1.02. The van der Waals surface area contributed by atoms with Crippen LogP contribution in [-0.2, 0) is 14.4 Å². The summed E-state index contributed by atoms with van der Waals surface area (Å²) in [6.07, 6.45) is -0.399. The van der Waals surface area contributed by atoms with E-state index < -0.39 is 6.10 Å². The quantitative estimate of drug-likeness (QED) is 0.545. The number of nitrogens with one attached hydrogen (secondary N) is 1. The third-order valence-corrected chi connectivity index (χ3v) is 1.79. The number of likely N-dealkylation sites (N-methyl/N-ethyl adjacent to an activating group) is 1. The topological polar surface area (TPSA) is 50.8 Å². The van der Waals surface area contributed by atoms with Gasteiger partial charge in [-0.05, 0) is 0 Å². The number of carbonyl (C=O) groups excluding carboxylic acids is 1. The SMILES string of the molecule is CON(C)C(=O)[C@@H]1CNCCO1. The highest BCUT2D eigenvalue weighted by Crippen LogP contribution is 2.00. The molecular weight excluding hydrogens is 160 g/mol. The Morgan fingerprint density at radius 2 is 2.50 bits per heavy atom. The van der Waals surface area contributed by atoms with Gasteiger partial charge in [0.25, 0.3) is 5.91 Å². The number of hydrogen-bond acceptors (Lipinski definition) is 4. The predicted octanol–water partition coefficient (Wildman–Crippen LogP) is -1.01. The predicted molar refractivity (Wildman–Crippen MR) is 42.4 cm³/mol. The second-order valence-electron chi connectivity index (χ2n) is 2.58. The van der Waals surface area contributed by atoms with Crippen molar-refractivity contribution < 1.29 is 14.4 Å². The largest absolute Gasteiger partial charge is 0.366 e. The molecule has 1 fully saturated rings. The minimum absolute atomic E-state index is 0.148. The van der Waals surface area contributed by atoms with Gasteiger partial charge in [0, 0.05) is 20.1 Å². The lowest BCUT2D eigenvalue weighted by Crippen LogP contribution is -2.48. The van der Waals surface area contributed by atoms with Gasteiger partial charge < -0.3 is 10.1 Å². The number of amides is 1. The summed E-state index contributed by atoms with van der Waals surface area (Å²) in [5.41, 5.74) is 0. The molecule has 1 rings (SSSR count). The molecule has 1 saturated heterocycles. The summed E-state index contributed by atoms with van der Waals surface area (Å²) in [6.45, 7) is 1.95. The van der Waals surface area contributed by atoms with E-state index in [-0.39, 0.29) is 5.91 Å². The van der Waals surface area contributed by atoms with E-state index in [1.807, 2.05) is 0 Å². The van der Waals surface area contributed by atoms with Crippen molar-refractivity contribution in [1.29, 1.82) is 0 Å². The average Bonchev–Trinajstić information content (AvgIpc) is 2.17. The number of ether oxygens (including phenoxy) is 1. The van der Waals surface area contributed by atoms with E-state index in [9.17, 15) is 4.79 Å². The molecule has 0 aromatic carbocycles. The number of hydroxylamine groups is 2. The first kappa shape index (κ1) is 9.44. The molecule has 0 spiro atoms. The highest BCUT2D eigenvalue weighted by molar-refractivity contribution is 5.80. The molecule has 1 heterocycles. The van der Waals surface area contributed by atoms with Crippen LogP contribution in [0.1, 0.15) is 0 Å². The van der Waals surface area contributed by atoms with Crippen molar-refractivity contribution in [2.45, 2.75) is 6.10 Å². The molecule has 0 aliphatic carbocycles. The van der Waals surface area contributed by atoms with Crippen LogP contribution in [0.15, 0.2) is 0 Å². The van der Waals surface area contributed by atoms with Crippen LogP contribution in [0.25, 0.3) is 0 Å². The zero-order valence-corrected chi connectivity index (χ0v) is 7.37. The van der Waals surface area contributed by atoms with E-state index in [0.29, 0.717) is 13.2 Å². The highest BCUT2D eigenvalue weighted by Gasteiger charge is 2.24. The lowest BCUT2D eigenvalue weighted by Gasteiger charge is -2.25. The van der Waals surface area contributed by atoms with E-state index in [1.165, 1.54) is 12.2 Å². The summed E-state index contributed by atoms with van der Waals surface area (Å²) in [4.78, 5) is 16.1. The Labute approximate surface area is 71.6 Å². The normalized spacial score (nSPS) is 23.7. The minimum Gasteiger partial charge on any atom is -0.366 e. The monoisotopic (exact) mass is 174 g/mol. The fraction of sp³-hybridized carbons (Fsp3) is 0.857. The zero-order chi connectivity index (χ0) is 8.97. The van der Waals surface area contributed by atoms with Crippen molar-refractivity contribution in [2.24, 2.45) is 0 Å². The smallest absolute Gasteiger partial charge is 0.276 e. The third-order valence-electron chi connectivity index (χ3n) is 1.79. The Morgan fingerprint density at radius 1 is 1.75 bits per heavy atom. The second kappa shape index (κ2) is 4.39. The molecule has 0 bridgehead atoms. The van der Waals surface area contributed by atoms with Crippen LogP contribution in [-0.4, -0.2) is 50.9 Å². The van der Waals surface area contributed by atoms with Gasteiger partial charge in [0.05, 0.1) is 13.7 Å². The molecule has 1 aliphatic heterocycles. The van der Waals surface area contributed by atoms with Gasteiger partial charge in [-0.25, -0.2) is 5.06 Å². The van der Waals surface area contributed by atoms with Crippen molar-refractivity contribution in [2.75, 3.05) is 33.9 Å². The van der Waals surface area contributed by atoms with E-state index in [0.717, 1.165) is 6.54 Å². The van der Waals surface area contributed by atoms with Crippen molar-refractivity contribution in [3.63, 3.8) is 0 Å². The molecule has 1 atom stereocenters. The van der Waals surface area contributed by atoms with Gasteiger partial charge in [-0.1, -0.05) is 0 Å². The second-order valence-corrected chi connectivity index (χ2v) is 2.58. The van der Waals surface area contributed by atoms with Crippen molar-refractivity contribution in [3.05, 3.63) is 0 Å². The Morgan fingerprint density at radius 3 is 3.00 bits per heavy atom. The molecule has 1 amide bonds. The maximum absolute atomic E-state index is 11.4. The Kier molecular flexibility index (Phi) is 3.46. The maximum atomic E-state index is 11.4. The van der Waals surface area contributed by atoms with Gasteiger partial charge in [-0.3, -0.25) is 9.63 Å². The molecule has 0 unspecified atom stereocenters. The molecule has 0 aromatic rings.